The molecule has 4 heteroatoms. The summed E-state index contributed by atoms with van der Waals surface area (Å²) in [5, 5.41) is 9.33. The summed E-state index contributed by atoms with van der Waals surface area (Å²) in [6, 6.07) is 0.335. The summed E-state index contributed by atoms with van der Waals surface area (Å²) < 4.78 is 0. The summed E-state index contributed by atoms with van der Waals surface area (Å²) in [5.74, 6) is 0.225. The molecule has 0 heterocycles. The number of hydrogen-bond donors (Lipinski definition) is 2. The minimum Gasteiger partial charge on any atom is -0.395 e. The van der Waals surface area contributed by atoms with Crippen LogP contribution in [0.3, 0.4) is 0 Å². The normalized spacial score (nSPS) is 23.5. The first kappa shape index (κ1) is 15.8. The van der Waals surface area contributed by atoms with Gasteiger partial charge in [-0.25, -0.2) is 0 Å². The lowest BCUT2D eigenvalue weighted by molar-refractivity contribution is -0.145. The summed E-state index contributed by atoms with van der Waals surface area (Å²) in [5.41, 5.74) is 5.68. The standard InChI is InChI=1S/C16H30N2O2/c17-13-16(9-5-1-2-6-10-16)15(20)18(11-12-19)14-7-3-4-8-14/h14,19H,1-13,17H2. The second-order valence-electron chi connectivity index (χ2n) is 6.56. The molecule has 2 aliphatic rings. The van der Waals surface area contributed by atoms with Gasteiger partial charge in [0.2, 0.25) is 5.91 Å². The molecule has 4 nitrogen and oxygen atoms in total. The van der Waals surface area contributed by atoms with Gasteiger partial charge in [0.15, 0.2) is 0 Å². The van der Waals surface area contributed by atoms with Gasteiger partial charge in [-0.3, -0.25) is 4.79 Å². The number of amides is 1. The van der Waals surface area contributed by atoms with Crippen molar-refractivity contribution in [1.29, 1.82) is 0 Å². The first-order valence-corrected chi connectivity index (χ1v) is 8.35. The molecule has 2 fully saturated rings. The lowest BCUT2D eigenvalue weighted by atomic mass is 9.78. The Hall–Kier alpha value is -0.610. The number of carbonyl (C=O) groups is 1. The molecule has 0 aromatic carbocycles. The minimum atomic E-state index is -0.353. The molecule has 0 atom stereocenters. The lowest BCUT2D eigenvalue weighted by Gasteiger charge is -2.38. The van der Waals surface area contributed by atoms with Gasteiger partial charge in [0, 0.05) is 19.1 Å². The second kappa shape index (κ2) is 7.41. The Bertz CT molecular complexity index is 306. The van der Waals surface area contributed by atoms with E-state index in [0.29, 0.717) is 19.1 Å². The van der Waals surface area contributed by atoms with E-state index in [2.05, 4.69) is 0 Å². The zero-order chi connectivity index (χ0) is 14.4. The topological polar surface area (TPSA) is 66.6 Å². The van der Waals surface area contributed by atoms with Gasteiger partial charge in [0.05, 0.1) is 12.0 Å². The average molecular weight is 282 g/mol. The van der Waals surface area contributed by atoms with Gasteiger partial charge in [-0.2, -0.15) is 0 Å². The van der Waals surface area contributed by atoms with Crippen LogP contribution in [0.4, 0.5) is 0 Å². The Balaban J connectivity index is 2.14. The van der Waals surface area contributed by atoms with Crippen LogP contribution in [0, 0.1) is 5.41 Å². The molecule has 116 valence electrons. The van der Waals surface area contributed by atoms with Gasteiger partial charge in [-0.05, 0) is 25.7 Å². The van der Waals surface area contributed by atoms with Crippen LogP contribution in [0.25, 0.3) is 0 Å². The highest BCUT2D eigenvalue weighted by molar-refractivity contribution is 5.83. The van der Waals surface area contributed by atoms with Crippen LogP contribution in [0.5, 0.6) is 0 Å². The third kappa shape index (κ3) is 3.34. The van der Waals surface area contributed by atoms with Crippen molar-refractivity contribution in [3.63, 3.8) is 0 Å². The van der Waals surface area contributed by atoms with Crippen molar-refractivity contribution in [2.24, 2.45) is 11.1 Å². The van der Waals surface area contributed by atoms with Crippen LogP contribution in [0.1, 0.15) is 64.2 Å². The van der Waals surface area contributed by atoms with E-state index in [4.69, 9.17) is 5.73 Å². The van der Waals surface area contributed by atoms with Gasteiger partial charge in [-0.15, -0.1) is 0 Å². The van der Waals surface area contributed by atoms with E-state index < -0.39 is 0 Å². The molecule has 1 amide bonds. The molecule has 0 aliphatic heterocycles. The summed E-state index contributed by atoms with van der Waals surface area (Å²) in [4.78, 5) is 15.1. The summed E-state index contributed by atoms with van der Waals surface area (Å²) in [6.45, 7) is 0.995. The Labute approximate surface area is 122 Å². The van der Waals surface area contributed by atoms with Crippen molar-refractivity contribution in [1.82, 2.24) is 4.90 Å². The van der Waals surface area contributed by atoms with Crippen molar-refractivity contribution in [3.8, 4) is 0 Å². The molecule has 0 bridgehead atoms. The molecule has 20 heavy (non-hydrogen) atoms. The number of nitrogens with two attached hydrogens (primary N) is 1. The zero-order valence-electron chi connectivity index (χ0n) is 12.6. The molecule has 0 aromatic rings. The highest BCUT2D eigenvalue weighted by Crippen LogP contribution is 2.37. The van der Waals surface area contributed by atoms with Gasteiger partial charge < -0.3 is 15.7 Å². The molecule has 2 aliphatic carbocycles. The van der Waals surface area contributed by atoms with Gasteiger partial charge in [0.25, 0.3) is 0 Å². The molecular weight excluding hydrogens is 252 g/mol. The Kier molecular flexibility index (Phi) is 5.85. The van der Waals surface area contributed by atoms with E-state index in [-0.39, 0.29) is 17.9 Å². The average Bonchev–Trinajstić information content (AvgIpc) is 2.88. The number of nitrogens with zero attached hydrogens (tertiary/aromatic N) is 1. The molecule has 3 N–H and O–H groups in total. The first-order chi connectivity index (χ1) is 9.73. The smallest absolute Gasteiger partial charge is 0.230 e. The largest absolute Gasteiger partial charge is 0.395 e. The van der Waals surface area contributed by atoms with E-state index in [0.717, 1.165) is 38.5 Å². The number of hydrogen-bond acceptors (Lipinski definition) is 3. The van der Waals surface area contributed by atoms with Crippen LogP contribution in [0.2, 0.25) is 0 Å². The molecule has 0 spiro atoms. The zero-order valence-corrected chi connectivity index (χ0v) is 12.6. The Morgan fingerprint density at radius 1 is 1.10 bits per heavy atom. The maximum absolute atomic E-state index is 13.1. The molecular formula is C16H30N2O2. The molecule has 0 aromatic heterocycles. The highest BCUT2D eigenvalue weighted by atomic mass is 16.3. The van der Waals surface area contributed by atoms with Crippen molar-refractivity contribution >= 4 is 5.91 Å². The fourth-order valence-electron chi connectivity index (χ4n) is 3.99. The summed E-state index contributed by atoms with van der Waals surface area (Å²) in [6.07, 6.45) is 11.1. The van der Waals surface area contributed by atoms with E-state index >= 15 is 0 Å². The fourth-order valence-corrected chi connectivity index (χ4v) is 3.99. The number of aliphatic hydroxyl groups is 1. The fraction of sp³-hybridized carbons (Fsp3) is 0.938. The van der Waals surface area contributed by atoms with Crippen molar-refractivity contribution in [3.05, 3.63) is 0 Å². The SMILES string of the molecule is NCC1(C(=O)N(CCO)C2CCCC2)CCCCCC1. The molecule has 0 saturated heterocycles. The lowest BCUT2D eigenvalue weighted by Crippen LogP contribution is -2.52. The number of aliphatic hydroxyl groups excluding tert-OH is 1. The number of carbonyl (C=O) groups excluding carboxylic acids is 1. The predicted molar refractivity (Wildman–Crippen MR) is 80.2 cm³/mol. The number of rotatable bonds is 5. The van der Waals surface area contributed by atoms with E-state index in [1.54, 1.807) is 0 Å². The maximum atomic E-state index is 13.1. The first-order valence-electron chi connectivity index (χ1n) is 8.35. The van der Waals surface area contributed by atoms with Crippen LogP contribution in [0.15, 0.2) is 0 Å². The van der Waals surface area contributed by atoms with Gasteiger partial charge in [0.1, 0.15) is 0 Å². The predicted octanol–water partition coefficient (Wildman–Crippen LogP) is 2.05. The third-order valence-corrected chi connectivity index (χ3v) is 5.27. The molecule has 0 radical (unpaired) electrons. The van der Waals surface area contributed by atoms with E-state index in [1.165, 1.54) is 25.7 Å². The van der Waals surface area contributed by atoms with Crippen LogP contribution >= 0.6 is 0 Å². The van der Waals surface area contributed by atoms with Crippen LogP contribution in [-0.4, -0.2) is 41.7 Å². The molecule has 0 unspecified atom stereocenters. The highest BCUT2D eigenvalue weighted by Gasteiger charge is 2.42. The Morgan fingerprint density at radius 3 is 2.20 bits per heavy atom. The minimum absolute atomic E-state index is 0.0584. The monoisotopic (exact) mass is 282 g/mol. The molecule has 2 rings (SSSR count). The van der Waals surface area contributed by atoms with Gasteiger partial charge in [-0.1, -0.05) is 38.5 Å². The maximum Gasteiger partial charge on any atom is 0.230 e. The van der Waals surface area contributed by atoms with Crippen LogP contribution in [-0.2, 0) is 4.79 Å². The summed E-state index contributed by atoms with van der Waals surface area (Å²) >= 11 is 0. The van der Waals surface area contributed by atoms with Crippen molar-refractivity contribution < 1.29 is 9.90 Å². The third-order valence-electron chi connectivity index (χ3n) is 5.27. The van der Waals surface area contributed by atoms with Crippen molar-refractivity contribution in [2.75, 3.05) is 19.7 Å². The van der Waals surface area contributed by atoms with Gasteiger partial charge >= 0.3 is 0 Å². The quantitative estimate of drug-likeness (QED) is 0.758. The van der Waals surface area contributed by atoms with E-state index in [9.17, 15) is 9.90 Å². The molecule has 2 saturated carbocycles. The van der Waals surface area contributed by atoms with Crippen LogP contribution < -0.4 is 5.73 Å². The Morgan fingerprint density at radius 2 is 1.70 bits per heavy atom. The second-order valence-corrected chi connectivity index (χ2v) is 6.56. The summed E-state index contributed by atoms with van der Waals surface area (Å²) in [7, 11) is 0. The van der Waals surface area contributed by atoms with Crippen molar-refractivity contribution in [2.45, 2.75) is 70.3 Å². The van der Waals surface area contributed by atoms with E-state index in [1.807, 2.05) is 4.90 Å².